The van der Waals surface area contributed by atoms with Gasteiger partial charge in [0.2, 0.25) is 0 Å². The van der Waals surface area contributed by atoms with Crippen molar-refractivity contribution in [2.45, 2.75) is 0 Å². The number of carboxylic acids is 1. The lowest BCUT2D eigenvalue weighted by molar-refractivity contribution is 0.0698. The summed E-state index contributed by atoms with van der Waals surface area (Å²) in [6.45, 7) is 0. The number of nitrogens with zero attached hydrogens (tertiary/aromatic N) is 2. The second kappa shape index (κ2) is 3.53. The summed E-state index contributed by atoms with van der Waals surface area (Å²) in [6.07, 6.45) is 0. The number of nitroso groups, excluding NO2 is 2. The number of rotatable bonds is 3. The van der Waals surface area contributed by atoms with Gasteiger partial charge in [0.15, 0.2) is 0 Å². The van der Waals surface area contributed by atoms with Gasteiger partial charge >= 0.3 is 5.97 Å². The van der Waals surface area contributed by atoms with Crippen LogP contribution in [-0.2, 0) is 0 Å². The first kappa shape index (κ1) is 8.98. The van der Waals surface area contributed by atoms with Crippen molar-refractivity contribution < 1.29 is 9.90 Å². The van der Waals surface area contributed by atoms with Gasteiger partial charge in [-0.15, -0.1) is 9.81 Å². The highest BCUT2D eigenvalue weighted by Crippen LogP contribution is 2.24. The minimum atomic E-state index is -1.27. The van der Waals surface area contributed by atoms with Gasteiger partial charge in [-0.25, -0.2) is 4.79 Å². The van der Waals surface area contributed by atoms with Crippen LogP contribution in [0.25, 0.3) is 0 Å². The lowest BCUT2D eigenvalue weighted by Crippen LogP contribution is -1.95. The zero-order chi connectivity index (χ0) is 9.84. The summed E-state index contributed by atoms with van der Waals surface area (Å²) >= 11 is 0. The molecule has 0 aromatic heterocycles. The topological polar surface area (TPSA) is 96.2 Å². The third-order valence-electron chi connectivity index (χ3n) is 1.42. The Morgan fingerprint density at radius 2 is 1.92 bits per heavy atom. The normalized spacial score (nSPS) is 9.23. The van der Waals surface area contributed by atoms with Crippen molar-refractivity contribution in [1.82, 2.24) is 0 Å². The molecular weight excluding hydrogens is 176 g/mol. The first-order valence-electron chi connectivity index (χ1n) is 3.23. The third kappa shape index (κ3) is 1.73. The molecule has 1 aromatic carbocycles. The van der Waals surface area contributed by atoms with Gasteiger partial charge in [-0.1, -0.05) is 0 Å². The van der Waals surface area contributed by atoms with Crippen LogP contribution in [0, 0.1) is 9.81 Å². The molecule has 0 aliphatic rings. The largest absolute Gasteiger partial charge is 0.478 e. The highest BCUT2D eigenvalue weighted by atomic mass is 16.4. The Kier molecular flexibility index (Phi) is 2.44. The number of hydrogen-bond donors (Lipinski definition) is 1. The zero-order valence-corrected chi connectivity index (χ0v) is 6.30. The summed E-state index contributed by atoms with van der Waals surface area (Å²) in [7, 11) is 0. The molecule has 1 aromatic rings. The Morgan fingerprint density at radius 1 is 1.23 bits per heavy atom. The Balaban J connectivity index is 3.31. The lowest BCUT2D eigenvalue weighted by Gasteiger charge is -1.96. The second-order valence-electron chi connectivity index (χ2n) is 2.19. The Hall–Kier alpha value is -2.11. The van der Waals surface area contributed by atoms with Crippen LogP contribution < -0.4 is 0 Å². The van der Waals surface area contributed by atoms with Crippen LogP contribution in [0.15, 0.2) is 28.6 Å². The molecule has 0 saturated heterocycles. The van der Waals surface area contributed by atoms with Crippen LogP contribution in [0.3, 0.4) is 0 Å². The molecule has 0 spiro atoms. The summed E-state index contributed by atoms with van der Waals surface area (Å²) in [5, 5.41) is 13.6. The fourth-order valence-corrected chi connectivity index (χ4v) is 0.833. The molecular formula is C7H4N2O4. The molecule has 1 N–H and O–H groups in total. The minimum absolute atomic E-state index is 0.0281. The minimum Gasteiger partial charge on any atom is -0.478 e. The maximum atomic E-state index is 10.5. The Bertz CT molecular complexity index is 375. The van der Waals surface area contributed by atoms with Crippen molar-refractivity contribution in [3.8, 4) is 0 Å². The highest BCUT2D eigenvalue weighted by molar-refractivity contribution is 5.94. The predicted octanol–water partition coefficient (Wildman–Crippen LogP) is 2.18. The van der Waals surface area contributed by atoms with E-state index in [1.165, 1.54) is 6.07 Å². The summed E-state index contributed by atoms with van der Waals surface area (Å²) < 4.78 is 0. The van der Waals surface area contributed by atoms with Crippen molar-refractivity contribution in [2.75, 3.05) is 0 Å². The molecule has 0 heterocycles. The average Bonchev–Trinajstić information content (AvgIpc) is 2.16. The van der Waals surface area contributed by atoms with Crippen molar-refractivity contribution in [2.24, 2.45) is 10.4 Å². The molecule has 0 aliphatic carbocycles. The summed E-state index contributed by atoms with van der Waals surface area (Å²) in [6, 6.07) is 3.32. The Labute approximate surface area is 72.1 Å². The monoisotopic (exact) mass is 180 g/mol. The van der Waals surface area contributed by atoms with Gasteiger partial charge in [0, 0.05) is 0 Å². The van der Waals surface area contributed by atoms with Crippen LogP contribution in [0.4, 0.5) is 11.4 Å². The van der Waals surface area contributed by atoms with E-state index in [2.05, 4.69) is 10.4 Å². The average molecular weight is 180 g/mol. The molecule has 6 heteroatoms. The first-order chi connectivity index (χ1) is 6.19. The molecule has 0 fully saturated rings. The van der Waals surface area contributed by atoms with Gasteiger partial charge in [0.1, 0.15) is 11.4 Å². The molecule has 0 saturated carbocycles. The quantitative estimate of drug-likeness (QED) is 0.720. The molecule has 66 valence electrons. The third-order valence-corrected chi connectivity index (χ3v) is 1.42. The van der Waals surface area contributed by atoms with E-state index in [9.17, 15) is 14.6 Å². The molecule has 13 heavy (non-hydrogen) atoms. The highest BCUT2D eigenvalue weighted by Gasteiger charge is 2.11. The van der Waals surface area contributed by atoms with E-state index in [0.29, 0.717) is 0 Å². The molecule has 6 nitrogen and oxygen atoms in total. The fraction of sp³-hybridized carbons (Fsp3) is 0. The van der Waals surface area contributed by atoms with Gasteiger partial charge in [-0.2, -0.15) is 0 Å². The van der Waals surface area contributed by atoms with E-state index >= 15 is 0 Å². The van der Waals surface area contributed by atoms with Crippen molar-refractivity contribution in [3.05, 3.63) is 33.6 Å². The van der Waals surface area contributed by atoms with Gasteiger partial charge in [0.25, 0.3) is 0 Å². The van der Waals surface area contributed by atoms with Gasteiger partial charge in [-0.05, 0) is 28.6 Å². The van der Waals surface area contributed by atoms with E-state index in [-0.39, 0.29) is 16.9 Å². The SMILES string of the molecule is O=Nc1ccc(C(=O)O)c(N=O)c1. The van der Waals surface area contributed by atoms with Crippen LogP contribution in [0.5, 0.6) is 0 Å². The predicted molar refractivity (Wildman–Crippen MR) is 44.3 cm³/mol. The van der Waals surface area contributed by atoms with Crippen molar-refractivity contribution in [1.29, 1.82) is 0 Å². The summed E-state index contributed by atoms with van der Waals surface area (Å²) in [5.41, 5.74) is -0.577. The first-order valence-corrected chi connectivity index (χ1v) is 3.23. The number of carbonyl (C=O) groups is 1. The summed E-state index contributed by atoms with van der Waals surface area (Å²) in [5.74, 6) is -1.27. The maximum absolute atomic E-state index is 10.5. The number of carboxylic acid groups (broad SMARTS) is 1. The van der Waals surface area contributed by atoms with E-state index in [1.807, 2.05) is 0 Å². The van der Waals surface area contributed by atoms with E-state index in [4.69, 9.17) is 5.11 Å². The van der Waals surface area contributed by atoms with E-state index in [0.717, 1.165) is 12.1 Å². The molecule has 0 aliphatic heterocycles. The van der Waals surface area contributed by atoms with Crippen molar-refractivity contribution >= 4 is 17.3 Å². The zero-order valence-electron chi connectivity index (χ0n) is 6.30. The lowest BCUT2D eigenvalue weighted by atomic mass is 10.1. The van der Waals surface area contributed by atoms with Gasteiger partial charge < -0.3 is 5.11 Å². The van der Waals surface area contributed by atoms with Crippen LogP contribution in [0.2, 0.25) is 0 Å². The maximum Gasteiger partial charge on any atom is 0.338 e. The fourth-order valence-electron chi connectivity index (χ4n) is 0.833. The van der Waals surface area contributed by atoms with Gasteiger partial charge in [0.05, 0.1) is 5.56 Å². The number of hydrogen-bond acceptors (Lipinski definition) is 5. The van der Waals surface area contributed by atoms with Crippen LogP contribution >= 0.6 is 0 Å². The van der Waals surface area contributed by atoms with Crippen LogP contribution in [-0.4, -0.2) is 11.1 Å². The number of benzene rings is 1. The smallest absolute Gasteiger partial charge is 0.338 e. The van der Waals surface area contributed by atoms with E-state index < -0.39 is 5.97 Å². The molecule has 0 atom stereocenters. The standard InChI is InChI=1S/C7H4N2O4/c10-7(11)5-2-1-4(8-12)3-6(5)9-13/h1-3H,(H,10,11). The molecule has 0 unspecified atom stereocenters. The summed E-state index contributed by atoms with van der Waals surface area (Å²) in [4.78, 5) is 30.6. The molecule has 0 amide bonds. The van der Waals surface area contributed by atoms with Crippen molar-refractivity contribution in [3.63, 3.8) is 0 Å². The Morgan fingerprint density at radius 3 is 2.38 bits per heavy atom. The van der Waals surface area contributed by atoms with Crippen LogP contribution in [0.1, 0.15) is 10.4 Å². The molecule has 0 bridgehead atoms. The van der Waals surface area contributed by atoms with E-state index in [1.54, 1.807) is 0 Å². The van der Waals surface area contributed by atoms with Gasteiger partial charge in [-0.3, -0.25) is 0 Å². The molecule has 0 radical (unpaired) electrons. The second-order valence-corrected chi connectivity index (χ2v) is 2.19. The number of aromatic carboxylic acids is 1. The molecule has 1 rings (SSSR count).